The van der Waals surface area contributed by atoms with Crippen LogP contribution in [0.2, 0.25) is 0 Å². The molecular weight excluding hydrogens is 370 g/mol. The predicted molar refractivity (Wildman–Crippen MR) is 106 cm³/mol. The Bertz CT molecular complexity index is 935. The number of β-amino-alcohol motifs (C(OH)–C–C–N with tert-alkyl or cyclic N) is 1. The molecule has 1 aromatic heterocycles. The molecule has 2 aliphatic rings. The van der Waals surface area contributed by atoms with E-state index in [1.165, 1.54) is 4.90 Å². The molecule has 7 nitrogen and oxygen atoms in total. The quantitative estimate of drug-likeness (QED) is 0.680. The summed E-state index contributed by atoms with van der Waals surface area (Å²) in [5.74, 6) is 0.400. The molecule has 3 heterocycles. The number of quaternary nitrogens is 1. The highest BCUT2D eigenvalue weighted by molar-refractivity contribution is 6.15. The van der Waals surface area contributed by atoms with Gasteiger partial charge < -0.3 is 19.8 Å². The van der Waals surface area contributed by atoms with Gasteiger partial charge in [-0.25, -0.2) is 0 Å². The highest BCUT2D eigenvalue weighted by atomic mass is 16.5. The SMILES string of the molecule is Cc1cc([O-])c(C[NH+]2CCN(CCO)CC2)c2c1C(=O)C(=Cc1ccncc1)O2. The fourth-order valence-corrected chi connectivity index (χ4v) is 4.01. The Morgan fingerprint density at radius 3 is 2.72 bits per heavy atom. The molecule has 4 rings (SSSR count). The zero-order chi connectivity index (χ0) is 20.4. The first-order valence-electron chi connectivity index (χ1n) is 9.91. The molecule has 0 unspecified atom stereocenters. The molecule has 0 bridgehead atoms. The maximum absolute atomic E-state index is 12.9. The van der Waals surface area contributed by atoms with Crippen molar-refractivity contribution < 1.29 is 24.6 Å². The van der Waals surface area contributed by atoms with Gasteiger partial charge in [0.25, 0.3) is 0 Å². The van der Waals surface area contributed by atoms with Gasteiger partial charge in [-0.05, 0) is 36.3 Å². The third-order valence-corrected chi connectivity index (χ3v) is 5.61. The number of ether oxygens (including phenoxy) is 1. The van der Waals surface area contributed by atoms with Crippen molar-refractivity contribution in [2.75, 3.05) is 39.3 Å². The van der Waals surface area contributed by atoms with Crippen LogP contribution in [0.3, 0.4) is 0 Å². The summed E-state index contributed by atoms with van der Waals surface area (Å²) in [5, 5.41) is 21.8. The zero-order valence-electron chi connectivity index (χ0n) is 16.5. The number of aryl methyl sites for hydroxylation is 1. The fraction of sp³-hybridized carbons (Fsp3) is 0.364. The summed E-state index contributed by atoms with van der Waals surface area (Å²) in [6.45, 7) is 6.68. The minimum Gasteiger partial charge on any atom is -0.872 e. The number of hydrogen-bond acceptors (Lipinski definition) is 6. The number of nitrogens with one attached hydrogen (secondary N) is 1. The van der Waals surface area contributed by atoms with Gasteiger partial charge in [0.05, 0.1) is 25.3 Å². The lowest BCUT2D eigenvalue weighted by atomic mass is 9.99. The molecule has 1 aromatic carbocycles. The number of piperazine rings is 1. The van der Waals surface area contributed by atoms with E-state index < -0.39 is 0 Å². The molecule has 7 heteroatoms. The summed E-state index contributed by atoms with van der Waals surface area (Å²) in [6.07, 6.45) is 5.01. The molecule has 0 spiro atoms. The summed E-state index contributed by atoms with van der Waals surface area (Å²) < 4.78 is 5.95. The van der Waals surface area contributed by atoms with Crippen molar-refractivity contribution in [3.63, 3.8) is 0 Å². The Hall–Kier alpha value is -2.74. The number of aliphatic hydroxyl groups excluding tert-OH is 1. The average molecular weight is 395 g/mol. The van der Waals surface area contributed by atoms with E-state index in [0.717, 1.165) is 31.7 Å². The van der Waals surface area contributed by atoms with Crippen molar-refractivity contribution in [1.29, 1.82) is 0 Å². The number of ketones is 1. The molecule has 0 aliphatic carbocycles. The molecule has 0 radical (unpaired) electrons. The standard InChI is InChI=1S/C22H25N3O4/c1-15-12-18(27)17(14-25-8-6-24(7-9-25)10-11-26)22-20(15)21(28)19(29-22)13-16-2-4-23-5-3-16/h2-5,12-13,26-27H,6-11,14H2,1H3. The number of pyridine rings is 1. The van der Waals surface area contributed by atoms with E-state index >= 15 is 0 Å². The van der Waals surface area contributed by atoms with Crippen LogP contribution in [-0.4, -0.2) is 60.1 Å². The minimum absolute atomic E-state index is 0.0792. The molecular formula is C22H25N3O4. The molecule has 29 heavy (non-hydrogen) atoms. The number of aliphatic hydroxyl groups is 1. The Morgan fingerprint density at radius 1 is 1.31 bits per heavy atom. The van der Waals surface area contributed by atoms with Gasteiger partial charge in [-0.1, -0.05) is 11.8 Å². The fourth-order valence-electron chi connectivity index (χ4n) is 4.01. The number of carbonyl (C=O) groups excluding carboxylic acids is 1. The lowest BCUT2D eigenvalue weighted by Gasteiger charge is -2.32. The summed E-state index contributed by atoms with van der Waals surface area (Å²) in [4.78, 5) is 20.4. The molecule has 2 N–H and O–H groups in total. The molecule has 152 valence electrons. The second-order valence-electron chi connectivity index (χ2n) is 7.59. The number of allylic oxidation sites excluding steroid dienone is 1. The maximum Gasteiger partial charge on any atom is 0.232 e. The van der Waals surface area contributed by atoms with Crippen molar-refractivity contribution in [1.82, 2.24) is 9.88 Å². The molecule has 1 fully saturated rings. The first-order chi connectivity index (χ1) is 14.1. The van der Waals surface area contributed by atoms with Crippen LogP contribution >= 0.6 is 0 Å². The predicted octanol–water partition coefficient (Wildman–Crippen LogP) is -0.227. The highest BCUT2D eigenvalue weighted by Gasteiger charge is 2.33. The van der Waals surface area contributed by atoms with Crippen LogP contribution < -0.4 is 14.7 Å². The van der Waals surface area contributed by atoms with Crippen LogP contribution in [0.4, 0.5) is 0 Å². The number of nitrogens with zero attached hydrogens (tertiary/aromatic N) is 2. The Labute approximate surface area is 169 Å². The molecule has 0 atom stereocenters. The minimum atomic E-state index is -0.182. The van der Waals surface area contributed by atoms with Crippen molar-refractivity contribution in [3.05, 3.63) is 58.6 Å². The second-order valence-corrected chi connectivity index (χ2v) is 7.59. The molecule has 1 saturated heterocycles. The number of Topliss-reactive ketones (excluding diaryl/α,β-unsaturated/α-hetero) is 1. The van der Waals surface area contributed by atoms with Crippen molar-refractivity contribution in [3.8, 4) is 11.5 Å². The van der Waals surface area contributed by atoms with Gasteiger partial charge >= 0.3 is 0 Å². The molecule has 2 aromatic rings. The van der Waals surface area contributed by atoms with Gasteiger partial charge in [-0.15, -0.1) is 0 Å². The van der Waals surface area contributed by atoms with Crippen molar-refractivity contribution in [2.45, 2.75) is 13.5 Å². The van der Waals surface area contributed by atoms with Crippen LogP contribution in [0.15, 0.2) is 36.4 Å². The summed E-state index contributed by atoms with van der Waals surface area (Å²) in [5.41, 5.74) is 2.55. The van der Waals surface area contributed by atoms with Crippen molar-refractivity contribution in [2.24, 2.45) is 0 Å². The van der Waals surface area contributed by atoms with Crippen LogP contribution in [0.25, 0.3) is 6.08 Å². The number of rotatable bonds is 5. The van der Waals surface area contributed by atoms with E-state index in [2.05, 4.69) is 9.88 Å². The van der Waals surface area contributed by atoms with Crippen LogP contribution in [0.5, 0.6) is 11.5 Å². The monoisotopic (exact) mass is 395 g/mol. The van der Waals surface area contributed by atoms with Gasteiger partial charge in [-0.2, -0.15) is 0 Å². The Balaban J connectivity index is 1.59. The molecule has 2 aliphatic heterocycles. The topological polar surface area (TPSA) is 90.2 Å². The summed E-state index contributed by atoms with van der Waals surface area (Å²) in [7, 11) is 0. The van der Waals surface area contributed by atoms with Crippen LogP contribution in [-0.2, 0) is 6.54 Å². The van der Waals surface area contributed by atoms with Gasteiger partial charge in [0.15, 0.2) is 5.76 Å². The van der Waals surface area contributed by atoms with E-state index in [1.54, 1.807) is 43.6 Å². The molecule has 0 saturated carbocycles. The largest absolute Gasteiger partial charge is 0.872 e. The van der Waals surface area contributed by atoms with Crippen LogP contribution in [0.1, 0.15) is 27.0 Å². The van der Waals surface area contributed by atoms with E-state index in [9.17, 15) is 9.90 Å². The first kappa shape index (κ1) is 19.6. The number of aromatic nitrogens is 1. The lowest BCUT2D eigenvalue weighted by Crippen LogP contribution is -3.13. The second kappa shape index (κ2) is 8.32. The first-order valence-corrected chi connectivity index (χ1v) is 9.91. The van der Waals surface area contributed by atoms with Gasteiger partial charge in [0.2, 0.25) is 5.78 Å². The third-order valence-electron chi connectivity index (χ3n) is 5.61. The number of benzene rings is 1. The Kier molecular flexibility index (Phi) is 5.62. The van der Waals surface area contributed by atoms with Gasteiger partial charge in [-0.3, -0.25) is 14.7 Å². The smallest absolute Gasteiger partial charge is 0.232 e. The zero-order valence-corrected chi connectivity index (χ0v) is 16.5. The number of hydrogen-bond donors (Lipinski definition) is 2. The van der Waals surface area contributed by atoms with E-state index in [-0.39, 0.29) is 23.9 Å². The highest BCUT2D eigenvalue weighted by Crippen LogP contribution is 2.40. The van der Waals surface area contributed by atoms with E-state index in [4.69, 9.17) is 9.84 Å². The summed E-state index contributed by atoms with van der Waals surface area (Å²) in [6, 6.07) is 5.15. The normalized spacial score (nSPS) is 18.8. The number of fused-ring (bicyclic) bond motifs is 1. The maximum atomic E-state index is 12.9. The summed E-state index contributed by atoms with van der Waals surface area (Å²) >= 11 is 0. The van der Waals surface area contributed by atoms with E-state index in [0.29, 0.717) is 35.5 Å². The van der Waals surface area contributed by atoms with Gasteiger partial charge in [0.1, 0.15) is 12.3 Å². The Morgan fingerprint density at radius 2 is 2.03 bits per heavy atom. The van der Waals surface area contributed by atoms with E-state index in [1.807, 2.05) is 0 Å². The number of carbonyl (C=O) groups is 1. The van der Waals surface area contributed by atoms with Gasteiger partial charge in [0, 0.05) is 37.6 Å². The lowest BCUT2D eigenvalue weighted by molar-refractivity contribution is -0.918. The third kappa shape index (κ3) is 4.03. The molecule has 0 amide bonds. The van der Waals surface area contributed by atoms with Crippen LogP contribution in [0, 0.1) is 6.92 Å². The van der Waals surface area contributed by atoms with Crippen molar-refractivity contribution >= 4 is 11.9 Å². The average Bonchev–Trinajstić information content (AvgIpc) is 3.04.